The normalized spacial score (nSPS) is 10.1. The second-order valence-electron chi connectivity index (χ2n) is 6.97. The topological polar surface area (TPSA) is 208 Å². The maximum atomic E-state index is 11.4. The van der Waals surface area contributed by atoms with Crippen LogP contribution in [0.1, 0.15) is 52.6 Å². The van der Waals surface area contributed by atoms with Gasteiger partial charge in [0.25, 0.3) is 0 Å². The van der Waals surface area contributed by atoms with Crippen LogP contribution in [-0.2, 0) is 22.3 Å². The number of ether oxygens (including phenoxy) is 2. The number of rotatable bonds is 12. The van der Waals surface area contributed by atoms with Crippen LogP contribution < -0.4 is 0 Å². The summed E-state index contributed by atoms with van der Waals surface area (Å²) in [5.41, 5.74) is 0.997. The highest BCUT2D eigenvalue weighted by Gasteiger charge is 2.20. The molecule has 0 bridgehead atoms. The van der Waals surface area contributed by atoms with Gasteiger partial charge in [-0.25, -0.2) is 19.2 Å². The van der Waals surface area contributed by atoms with Crippen LogP contribution in [0.4, 0.5) is 0 Å². The first kappa shape index (κ1) is 30.2. The van der Waals surface area contributed by atoms with Crippen molar-refractivity contribution in [3.05, 3.63) is 69.8 Å². The third-order valence-electron chi connectivity index (χ3n) is 4.62. The van der Waals surface area contributed by atoms with Crippen molar-refractivity contribution in [1.82, 2.24) is 0 Å². The van der Waals surface area contributed by atoms with Crippen LogP contribution in [0.15, 0.2) is 36.4 Å². The molecule has 12 nitrogen and oxygen atoms in total. The van der Waals surface area contributed by atoms with E-state index in [1.807, 2.05) is 0 Å². The van der Waals surface area contributed by atoms with Crippen molar-refractivity contribution in [2.75, 3.05) is 39.6 Å². The third kappa shape index (κ3) is 9.07. The maximum Gasteiger partial charge on any atom is 0.338 e. The van der Waals surface area contributed by atoms with Crippen molar-refractivity contribution in [3.8, 4) is 0 Å². The number of carboxylic acid groups (broad SMARTS) is 2. The lowest BCUT2D eigenvalue weighted by atomic mass is 9.92. The maximum absolute atomic E-state index is 11.4. The summed E-state index contributed by atoms with van der Waals surface area (Å²) in [4.78, 5) is 44.8. The number of carbonyl (C=O) groups is 4. The number of hydrogen-bond donors (Lipinski definition) is 6. The van der Waals surface area contributed by atoms with Crippen LogP contribution in [0.5, 0.6) is 0 Å². The molecule has 196 valence electrons. The van der Waals surface area contributed by atoms with Crippen molar-refractivity contribution in [3.63, 3.8) is 0 Å². The van der Waals surface area contributed by atoms with Gasteiger partial charge in [0.05, 0.1) is 35.5 Å². The van der Waals surface area contributed by atoms with Crippen LogP contribution in [0.25, 0.3) is 0 Å². The molecule has 0 unspecified atom stereocenters. The van der Waals surface area contributed by atoms with E-state index in [0.29, 0.717) is 0 Å². The van der Waals surface area contributed by atoms with Gasteiger partial charge < -0.3 is 40.1 Å². The molecule has 0 aliphatic carbocycles. The van der Waals surface area contributed by atoms with Gasteiger partial charge in [0.15, 0.2) is 0 Å². The number of benzene rings is 2. The Kier molecular flexibility index (Phi) is 13.4. The van der Waals surface area contributed by atoms with Crippen LogP contribution in [0, 0.1) is 0 Å². The zero-order valence-corrected chi connectivity index (χ0v) is 19.3. The lowest BCUT2D eigenvalue weighted by Crippen LogP contribution is -2.14. The first-order chi connectivity index (χ1) is 17.2. The number of aromatic carboxylic acids is 2. The van der Waals surface area contributed by atoms with Gasteiger partial charge in [-0.3, -0.25) is 0 Å². The van der Waals surface area contributed by atoms with Crippen molar-refractivity contribution in [1.29, 1.82) is 0 Å². The number of carboxylic acids is 2. The molecular formula is C24H28O12. The van der Waals surface area contributed by atoms with E-state index in [9.17, 15) is 19.2 Å². The quantitative estimate of drug-likeness (QED) is 0.212. The number of aliphatic hydroxyl groups excluding tert-OH is 4. The molecule has 0 saturated carbocycles. The van der Waals surface area contributed by atoms with Gasteiger partial charge in [0.1, 0.15) is 13.2 Å². The molecule has 0 aliphatic heterocycles. The predicted octanol–water partition coefficient (Wildman–Crippen LogP) is 0.137. The van der Waals surface area contributed by atoms with E-state index in [2.05, 4.69) is 0 Å². The summed E-state index contributed by atoms with van der Waals surface area (Å²) in [5.74, 6) is -3.51. The first-order valence-electron chi connectivity index (χ1n) is 10.7. The summed E-state index contributed by atoms with van der Waals surface area (Å²) in [6.07, 6.45) is 0.0795. The highest BCUT2D eigenvalue weighted by atomic mass is 16.5. The smallest absolute Gasteiger partial charge is 0.338 e. The minimum Gasteiger partial charge on any atom is -0.478 e. The largest absolute Gasteiger partial charge is 0.478 e. The Bertz CT molecular complexity index is 948. The SMILES string of the molecule is O=C(O)c1ccc(C(=O)O)c(CCO)c1CCO.O=C(OCCO)c1ccc(C(=O)OCCO)cc1. The average Bonchev–Trinajstić information content (AvgIpc) is 2.87. The van der Waals surface area contributed by atoms with Crippen LogP contribution in [0.2, 0.25) is 0 Å². The fourth-order valence-electron chi connectivity index (χ4n) is 3.07. The summed E-state index contributed by atoms with van der Waals surface area (Å²) in [5, 5.41) is 52.9. The number of esters is 2. The van der Waals surface area contributed by atoms with Gasteiger partial charge in [0.2, 0.25) is 0 Å². The van der Waals surface area contributed by atoms with E-state index in [1.54, 1.807) is 0 Å². The van der Waals surface area contributed by atoms with Gasteiger partial charge in [-0.05, 0) is 60.4 Å². The molecule has 0 saturated heterocycles. The molecule has 6 N–H and O–H groups in total. The standard InChI is InChI=1S/2C12H14O6/c13-5-3-7-8(4-6-14)10(12(17)18)2-1-9(7)11(15)16;13-5-7-17-11(15)9-1-2-10(4-3-9)12(16)18-8-6-14/h1-2,13-14H,3-6H2,(H,15,16)(H,17,18);1-4,13-14H,5-8H2. The summed E-state index contributed by atoms with van der Waals surface area (Å²) in [6.45, 7) is -1.20. The number of carbonyl (C=O) groups excluding carboxylic acids is 2. The van der Waals surface area contributed by atoms with Gasteiger partial charge >= 0.3 is 23.9 Å². The van der Waals surface area contributed by atoms with Crippen molar-refractivity contribution < 1.29 is 59.3 Å². The molecule has 0 fully saturated rings. The Morgan fingerprint density at radius 3 is 1.14 bits per heavy atom. The molecule has 0 aliphatic rings. The van der Waals surface area contributed by atoms with Crippen molar-refractivity contribution in [2.45, 2.75) is 12.8 Å². The van der Waals surface area contributed by atoms with E-state index >= 15 is 0 Å². The molecule has 2 aromatic carbocycles. The average molecular weight is 508 g/mol. The molecule has 2 rings (SSSR count). The van der Waals surface area contributed by atoms with Crippen LogP contribution in [0.3, 0.4) is 0 Å². The summed E-state index contributed by atoms with van der Waals surface area (Å²) in [7, 11) is 0. The summed E-state index contributed by atoms with van der Waals surface area (Å²) >= 11 is 0. The fraction of sp³-hybridized carbons (Fsp3) is 0.333. The van der Waals surface area contributed by atoms with Gasteiger partial charge in [-0.1, -0.05) is 0 Å². The third-order valence-corrected chi connectivity index (χ3v) is 4.62. The lowest BCUT2D eigenvalue weighted by molar-refractivity contribution is 0.0422. The fourth-order valence-corrected chi connectivity index (χ4v) is 3.07. The second kappa shape index (κ2) is 15.9. The molecule has 0 aromatic heterocycles. The van der Waals surface area contributed by atoms with E-state index in [4.69, 9.17) is 40.1 Å². The molecule has 2 aromatic rings. The monoisotopic (exact) mass is 508 g/mol. The van der Waals surface area contributed by atoms with Crippen LogP contribution in [-0.4, -0.2) is 94.2 Å². The van der Waals surface area contributed by atoms with E-state index in [1.165, 1.54) is 36.4 Å². The van der Waals surface area contributed by atoms with Gasteiger partial charge in [-0.2, -0.15) is 0 Å². The zero-order chi connectivity index (χ0) is 27.1. The van der Waals surface area contributed by atoms with Gasteiger partial charge in [-0.15, -0.1) is 0 Å². The Labute approximate surface area is 206 Å². The molecule has 0 radical (unpaired) electrons. The summed E-state index contributed by atoms with van der Waals surface area (Å²) < 4.78 is 9.41. The molecule has 36 heavy (non-hydrogen) atoms. The Morgan fingerprint density at radius 2 is 0.889 bits per heavy atom. The molecule has 0 heterocycles. The Hall–Kier alpha value is -3.84. The lowest BCUT2D eigenvalue weighted by Gasteiger charge is -2.14. The van der Waals surface area contributed by atoms with Crippen molar-refractivity contribution in [2.24, 2.45) is 0 Å². The zero-order valence-electron chi connectivity index (χ0n) is 19.3. The second-order valence-corrected chi connectivity index (χ2v) is 6.97. The van der Waals surface area contributed by atoms with E-state index < -0.39 is 23.9 Å². The number of aliphatic hydroxyl groups is 4. The predicted molar refractivity (Wildman–Crippen MR) is 123 cm³/mol. The van der Waals surface area contributed by atoms with Crippen molar-refractivity contribution >= 4 is 23.9 Å². The molecule has 12 heteroatoms. The summed E-state index contributed by atoms with van der Waals surface area (Å²) in [6, 6.07) is 8.12. The molecule has 0 spiro atoms. The number of hydrogen-bond acceptors (Lipinski definition) is 10. The molecular weight excluding hydrogens is 480 g/mol. The van der Waals surface area contributed by atoms with E-state index in [-0.39, 0.29) is 85.9 Å². The molecule has 0 amide bonds. The van der Waals surface area contributed by atoms with E-state index in [0.717, 1.165) is 0 Å². The highest BCUT2D eigenvalue weighted by molar-refractivity contribution is 5.95. The Balaban J connectivity index is 0.000000360. The Morgan fingerprint density at radius 1 is 0.556 bits per heavy atom. The minimum absolute atomic E-state index is 0.0398. The first-order valence-corrected chi connectivity index (χ1v) is 10.7. The highest BCUT2D eigenvalue weighted by Crippen LogP contribution is 2.21. The van der Waals surface area contributed by atoms with Crippen LogP contribution >= 0.6 is 0 Å². The molecule has 0 atom stereocenters. The minimum atomic E-state index is -1.19. The van der Waals surface area contributed by atoms with Gasteiger partial charge in [0, 0.05) is 13.2 Å².